The van der Waals surface area contributed by atoms with Gasteiger partial charge in [-0.25, -0.2) is 13.1 Å². The van der Waals surface area contributed by atoms with Crippen molar-refractivity contribution < 1.29 is 26.0 Å². The molecule has 1 aliphatic rings. The molecule has 1 fully saturated rings. The van der Waals surface area contributed by atoms with Gasteiger partial charge < -0.3 is 9.74 Å². The summed E-state index contributed by atoms with van der Waals surface area (Å²) in [6, 6.07) is 19.0. The Labute approximate surface area is 188 Å². The number of hydrogen-bond acceptors (Lipinski definition) is 4. The van der Waals surface area contributed by atoms with Crippen molar-refractivity contribution in [3.8, 4) is 0 Å². The van der Waals surface area contributed by atoms with Gasteiger partial charge in [-0.3, -0.25) is 0 Å². The van der Waals surface area contributed by atoms with Crippen LogP contribution in [0, 0.1) is 0 Å². The molecule has 0 aliphatic carbocycles. The summed E-state index contributed by atoms with van der Waals surface area (Å²) in [6.07, 6.45) is 0.216. The lowest BCUT2D eigenvalue weighted by Gasteiger charge is -2.43. The van der Waals surface area contributed by atoms with Gasteiger partial charge in [0.25, 0.3) is 8.32 Å². The first-order valence-electron chi connectivity index (χ1n) is 10.4. The van der Waals surface area contributed by atoms with Gasteiger partial charge in [-0.15, -0.1) is 0 Å². The summed E-state index contributed by atoms with van der Waals surface area (Å²) in [5.74, 6) is 0. The Morgan fingerprint density at radius 1 is 1.00 bits per heavy atom. The summed E-state index contributed by atoms with van der Waals surface area (Å²) in [4.78, 5) is 0. The van der Waals surface area contributed by atoms with Crippen molar-refractivity contribution in [2.45, 2.75) is 49.8 Å². The fourth-order valence-electron chi connectivity index (χ4n) is 4.31. The van der Waals surface area contributed by atoms with Crippen molar-refractivity contribution in [3.05, 3.63) is 60.7 Å². The Morgan fingerprint density at radius 2 is 1.50 bits per heavy atom. The Kier molecular flexibility index (Phi) is 7.21. The lowest BCUT2D eigenvalue weighted by atomic mass is 10.2. The lowest BCUT2D eigenvalue weighted by molar-refractivity contribution is -0.0450. The maximum atomic E-state index is 12.7. The van der Waals surface area contributed by atoms with E-state index in [4.69, 9.17) is 4.43 Å². The van der Waals surface area contributed by atoms with Gasteiger partial charge in [0.05, 0.1) is 6.61 Å². The van der Waals surface area contributed by atoms with E-state index in [1.165, 1.54) is 0 Å². The first-order valence-corrected chi connectivity index (χ1v) is 13.8. The van der Waals surface area contributed by atoms with Crippen molar-refractivity contribution in [1.82, 2.24) is 10.0 Å². The molecule has 0 radical (unpaired) electrons. The maximum absolute atomic E-state index is 12.7. The molecule has 1 saturated heterocycles. The molecule has 0 bridgehead atoms. The molecule has 0 spiro atoms. The van der Waals surface area contributed by atoms with Gasteiger partial charge in [-0.2, -0.15) is 13.2 Å². The van der Waals surface area contributed by atoms with Crippen molar-refractivity contribution in [2.24, 2.45) is 0 Å². The molecule has 1 aliphatic heterocycles. The van der Waals surface area contributed by atoms with E-state index in [0.29, 0.717) is 0 Å². The minimum Gasteiger partial charge on any atom is -0.406 e. The summed E-state index contributed by atoms with van der Waals surface area (Å²) < 4.78 is 69.5. The third-order valence-corrected chi connectivity index (χ3v) is 12.0. The standard InChI is InChI=1S/C22H29F3N2O3SSi/c1-21(2,3)32(19-10-6-4-7-11-19,20-12-8-5-9-13-20)30-16-18-14-17(15-26-18)27-31(28,29)22(23,24)25/h4-13,17-18,26-27H,14-16H2,1-3H3/t17-,18+/m1/s1. The van der Waals surface area contributed by atoms with Crippen molar-refractivity contribution in [1.29, 1.82) is 0 Å². The number of rotatable bonds is 7. The van der Waals surface area contributed by atoms with Crippen LogP contribution in [0.2, 0.25) is 5.04 Å². The maximum Gasteiger partial charge on any atom is 0.511 e. The molecule has 1 heterocycles. The molecule has 3 rings (SSSR count). The van der Waals surface area contributed by atoms with Crippen LogP contribution in [-0.4, -0.2) is 47.5 Å². The monoisotopic (exact) mass is 486 g/mol. The molecule has 0 unspecified atom stereocenters. The summed E-state index contributed by atoms with van der Waals surface area (Å²) in [5, 5.41) is 5.09. The summed E-state index contributed by atoms with van der Waals surface area (Å²) in [5.41, 5.74) is -5.32. The minimum absolute atomic E-state index is 0.115. The van der Waals surface area contributed by atoms with Crippen LogP contribution in [0.3, 0.4) is 0 Å². The zero-order valence-electron chi connectivity index (χ0n) is 18.3. The Balaban J connectivity index is 1.83. The van der Waals surface area contributed by atoms with Crippen LogP contribution >= 0.6 is 0 Å². The van der Waals surface area contributed by atoms with Gasteiger partial charge in [-0.1, -0.05) is 81.4 Å². The van der Waals surface area contributed by atoms with Gasteiger partial charge in [0, 0.05) is 18.6 Å². The molecule has 2 N–H and O–H groups in total. The molecule has 2 aromatic rings. The highest BCUT2D eigenvalue weighted by Crippen LogP contribution is 2.37. The van der Waals surface area contributed by atoms with Crippen LogP contribution in [-0.2, 0) is 14.4 Å². The molecular formula is C22H29F3N2O3SSi. The van der Waals surface area contributed by atoms with Crippen LogP contribution in [0.4, 0.5) is 13.2 Å². The second-order valence-corrected chi connectivity index (χ2v) is 15.1. The largest absolute Gasteiger partial charge is 0.511 e. The van der Waals surface area contributed by atoms with Gasteiger partial charge in [-0.05, 0) is 21.8 Å². The fourth-order valence-corrected chi connectivity index (χ4v) is 9.67. The average molecular weight is 487 g/mol. The summed E-state index contributed by atoms with van der Waals surface area (Å²) in [6.45, 7) is 6.80. The molecule has 5 nitrogen and oxygen atoms in total. The smallest absolute Gasteiger partial charge is 0.406 e. The molecule has 0 amide bonds. The zero-order chi connectivity index (χ0) is 23.6. The number of nitrogens with one attached hydrogen (secondary N) is 2. The first kappa shape index (κ1) is 24.9. The van der Waals surface area contributed by atoms with Crippen LogP contribution in [0.15, 0.2) is 60.7 Å². The number of halogens is 3. The Hall–Kier alpha value is -1.72. The molecule has 2 atom stereocenters. The first-order chi connectivity index (χ1) is 14.9. The van der Waals surface area contributed by atoms with E-state index in [1.807, 2.05) is 36.4 Å². The average Bonchev–Trinajstić information content (AvgIpc) is 3.15. The highest BCUT2D eigenvalue weighted by atomic mass is 32.2. The molecule has 32 heavy (non-hydrogen) atoms. The fraction of sp³-hybridized carbons (Fsp3) is 0.455. The van der Waals surface area contributed by atoms with Crippen molar-refractivity contribution in [2.75, 3.05) is 13.2 Å². The quantitative estimate of drug-likeness (QED) is 0.591. The molecule has 0 saturated carbocycles. The second kappa shape index (κ2) is 9.26. The Bertz CT molecular complexity index is 957. The van der Waals surface area contributed by atoms with Crippen LogP contribution < -0.4 is 20.4 Å². The molecule has 2 aromatic carbocycles. The topological polar surface area (TPSA) is 67.4 Å². The van der Waals surface area contributed by atoms with Crippen LogP contribution in [0.5, 0.6) is 0 Å². The molecular weight excluding hydrogens is 457 g/mol. The van der Waals surface area contributed by atoms with Crippen LogP contribution in [0.1, 0.15) is 27.2 Å². The SMILES string of the molecule is CC(C)(C)[Si](OC[C@@H]1C[C@@H](NS(=O)(=O)C(F)(F)F)CN1)(c1ccccc1)c1ccccc1. The van der Waals surface area contributed by atoms with E-state index >= 15 is 0 Å². The third kappa shape index (κ3) is 5.09. The lowest BCUT2D eigenvalue weighted by Crippen LogP contribution is -2.67. The minimum atomic E-state index is -5.38. The highest BCUT2D eigenvalue weighted by Gasteiger charge is 2.51. The van der Waals surface area contributed by atoms with Gasteiger partial charge in [0.1, 0.15) is 0 Å². The number of sulfonamides is 1. The van der Waals surface area contributed by atoms with Crippen molar-refractivity contribution >= 4 is 28.7 Å². The molecule has 0 aromatic heterocycles. The second-order valence-electron chi connectivity index (χ2n) is 9.08. The van der Waals surface area contributed by atoms with E-state index in [0.717, 1.165) is 10.4 Å². The van der Waals surface area contributed by atoms with Gasteiger partial charge >= 0.3 is 15.5 Å². The number of alkyl halides is 3. The van der Waals surface area contributed by atoms with E-state index in [-0.39, 0.29) is 30.7 Å². The summed E-state index contributed by atoms with van der Waals surface area (Å²) in [7, 11) is -8.15. The predicted molar refractivity (Wildman–Crippen MR) is 122 cm³/mol. The molecule has 10 heteroatoms. The number of hydrogen-bond donors (Lipinski definition) is 2. The van der Waals surface area contributed by atoms with Gasteiger partial charge in [0.2, 0.25) is 0 Å². The third-order valence-electron chi connectivity index (χ3n) is 5.77. The predicted octanol–water partition coefficient (Wildman–Crippen LogP) is 2.73. The van der Waals surface area contributed by atoms with E-state index in [1.54, 1.807) is 4.72 Å². The number of benzene rings is 2. The van der Waals surface area contributed by atoms with Crippen molar-refractivity contribution in [3.63, 3.8) is 0 Å². The highest BCUT2D eigenvalue weighted by molar-refractivity contribution is 7.90. The van der Waals surface area contributed by atoms with Gasteiger partial charge in [0.15, 0.2) is 0 Å². The van der Waals surface area contributed by atoms with E-state index in [2.05, 4.69) is 50.4 Å². The normalized spacial score (nSPS) is 20.4. The summed E-state index contributed by atoms with van der Waals surface area (Å²) >= 11 is 0. The zero-order valence-corrected chi connectivity index (χ0v) is 20.1. The molecule has 176 valence electrons. The Morgan fingerprint density at radius 3 is 1.94 bits per heavy atom. The van der Waals surface area contributed by atoms with E-state index < -0.39 is 29.9 Å². The van der Waals surface area contributed by atoms with E-state index in [9.17, 15) is 21.6 Å². The van der Waals surface area contributed by atoms with Crippen LogP contribution in [0.25, 0.3) is 0 Å².